The predicted octanol–water partition coefficient (Wildman–Crippen LogP) is 6.70. The molecule has 4 nitrogen and oxygen atoms in total. The Morgan fingerprint density at radius 3 is 2.34 bits per heavy atom. The number of primary amides is 1. The number of hydrogen-bond donors (Lipinski definition) is 2. The second-order valence-corrected chi connectivity index (χ2v) is 9.56. The van der Waals surface area contributed by atoms with Gasteiger partial charge < -0.3 is 11.1 Å². The van der Waals surface area contributed by atoms with Crippen molar-refractivity contribution >= 4 is 50.5 Å². The molecule has 0 fully saturated rings. The third-order valence-corrected chi connectivity index (χ3v) is 6.82. The van der Waals surface area contributed by atoms with Gasteiger partial charge in [0.25, 0.3) is 0 Å². The van der Waals surface area contributed by atoms with Crippen LogP contribution in [0.5, 0.6) is 0 Å². The van der Waals surface area contributed by atoms with Gasteiger partial charge in [-0.3, -0.25) is 9.59 Å². The van der Waals surface area contributed by atoms with Crippen LogP contribution in [0, 0.1) is 5.92 Å². The van der Waals surface area contributed by atoms with Crippen molar-refractivity contribution < 1.29 is 9.59 Å². The molecule has 0 bridgehead atoms. The Morgan fingerprint density at radius 1 is 0.969 bits per heavy atom. The summed E-state index contributed by atoms with van der Waals surface area (Å²) < 4.78 is 1.14. The lowest BCUT2D eigenvalue weighted by Crippen LogP contribution is -2.25. The first-order valence-electron chi connectivity index (χ1n) is 10.3. The number of halogens is 1. The molecule has 0 saturated carbocycles. The number of benzene rings is 3. The van der Waals surface area contributed by atoms with Gasteiger partial charge >= 0.3 is 0 Å². The second kappa shape index (κ2) is 9.15. The van der Waals surface area contributed by atoms with Gasteiger partial charge in [0.1, 0.15) is 0 Å². The van der Waals surface area contributed by atoms with Gasteiger partial charge in [-0.1, -0.05) is 61.8 Å². The van der Waals surface area contributed by atoms with Crippen molar-refractivity contribution in [2.75, 3.05) is 5.32 Å². The number of anilines is 1. The molecule has 4 rings (SSSR count). The van der Waals surface area contributed by atoms with Crippen molar-refractivity contribution in [1.82, 2.24) is 0 Å². The van der Waals surface area contributed by atoms with E-state index in [9.17, 15) is 9.59 Å². The van der Waals surface area contributed by atoms with Crippen LogP contribution in [0.1, 0.15) is 35.7 Å². The lowest BCUT2D eigenvalue weighted by atomic mass is 9.87. The minimum absolute atomic E-state index is 0.0737. The number of hydrogen-bond acceptors (Lipinski definition) is 3. The quantitative estimate of drug-likeness (QED) is 0.334. The SMILES string of the molecule is CC(C)C(C(=O)Nc1ccc(-c2cc3ccccc3s2)c(C(N)=O)c1)c1ccc(Cl)cc1. The van der Waals surface area contributed by atoms with Crippen molar-refractivity contribution in [3.63, 3.8) is 0 Å². The molecule has 0 saturated heterocycles. The molecule has 1 unspecified atom stereocenters. The van der Waals surface area contributed by atoms with Gasteiger partial charge in [0.15, 0.2) is 0 Å². The topological polar surface area (TPSA) is 72.2 Å². The number of carbonyl (C=O) groups excluding carboxylic acids is 2. The van der Waals surface area contributed by atoms with E-state index in [4.69, 9.17) is 17.3 Å². The van der Waals surface area contributed by atoms with Crippen LogP contribution in [-0.4, -0.2) is 11.8 Å². The Bertz CT molecular complexity index is 1260. The van der Waals surface area contributed by atoms with Crippen LogP contribution >= 0.6 is 22.9 Å². The highest BCUT2D eigenvalue weighted by Crippen LogP contribution is 2.36. The van der Waals surface area contributed by atoms with E-state index in [0.29, 0.717) is 16.3 Å². The summed E-state index contributed by atoms with van der Waals surface area (Å²) in [5.41, 5.74) is 8.26. The van der Waals surface area contributed by atoms with E-state index >= 15 is 0 Å². The summed E-state index contributed by atoms with van der Waals surface area (Å²) in [4.78, 5) is 26.3. The average Bonchev–Trinajstić information content (AvgIpc) is 3.19. The van der Waals surface area contributed by atoms with Gasteiger partial charge in [-0.15, -0.1) is 11.3 Å². The molecule has 0 aliphatic carbocycles. The molecule has 0 spiro atoms. The monoisotopic (exact) mass is 462 g/mol. The Labute approximate surface area is 196 Å². The molecule has 0 radical (unpaired) electrons. The molecular weight excluding hydrogens is 440 g/mol. The van der Waals surface area contributed by atoms with E-state index in [1.807, 2.05) is 62.4 Å². The van der Waals surface area contributed by atoms with Gasteiger partial charge in [-0.2, -0.15) is 0 Å². The summed E-state index contributed by atoms with van der Waals surface area (Å²) in [5.74, 6) is -0.963. The average molecular weight is 463 g/mol. The fourth-order valence-electron chi connectivity index (χ4n) is 3.88. The maximum Gasteiger partial charge on any atom is 0.249 e. The normalized spacial score (nSPS) is 12.1. The largest absolute Gasteiger partial charge is 0.366 e. The first kappa shape index (κ1) is 22.1. The number of rotatable bonds is 6. The Hall–Kier alpha value is -3.15. The highest BCUT2D eigenvalue weighted by molar-refractivity contribution is 7.22. The van der Waals surface area contributed by atoms with Gasteiger partial charge in [0, 0.05) is 31.4 Å². The molecule has 1 aromatic heterocycles. The summed E-state index contributed by atoms with van der Waals surface area (Å²) in [7, 11) is 0. The van der Waals surface area contributed by atoms with Crippen LogP contribution in [0.4, 0.5) is 5.69 Å². The van der Waals surface area contributed by atoms with Gasteiger partial charge in [-0.25, -0.2) is 0 Å². The summed E-state index contributed by atoms with van der Waals surface area (Å²) in [6.07, 6.45) is 0. The van der Waals surface area contributed by atoms with Crippen molar-refractivity contribution in [3.05, 3.63) is 88.9 Å². The fourth-order valence-corrected chi connectivity index (χ4v) is 5.11. The van der Waals surface area contributed by atoms with Crippen molar-refractivity contribution in [1.29, 1.82) is 0 Å². The van der Waals surface area contributed by atoms with E-state index in [-0.39, 0.29) is 17.7 Å². The molecule has 162 valence electrons. The highest BCUT2D eigenvalue weighted by Gasteiger charge is 2.25. The van der Waals surface area contributed by atoms with Crippen LogP contribution in [0.15, 0.2) is 72.8 Å². The number of thiophene rings is 1. The Kier molecular flexibility index (Phi) is 6.31. The van der Waals surface area contributed by atoms with Crippen LogP contribution in [-0.2, 0) is 4.79 Å². The molecule has 2 amide bonds. The number of carbonyl (C=O) groups is 2. The molecule has 1 heterocycles. The smallest absolute Gasteiger partial charge is 0.249 e. The number of nitrogens with one attached hydrogen (secondary N) is 1. The minimum Gasteiger partial charge on any atom is -0.366 e. The zero-order chi connectivity index (χ0) is 22.8. The standard InChI is InChI=1S/C26H23ClN2O2S/c1-15(2)24(16-7-9-18(27)10-8-16)26(31)29-19-11-12-20(21(14-19)25(28)30)23-13-17-5-3-4-6-22(17)32-23/h3-15,24H,1-2H3,(H2,28,30)(H,29,31). The van der Waals surface area contributed by atoms with Crippen molar-refractivity contribution in [2.45, 2.75) is 19.8 Å². The molecule has 6 heteroatoms. The van der Waals surface area contributed by atoms with Gasteiger partial charge in [0.05, 0.1) is 5.92 Å². The lowest BCUT2D eigenvalue weighted by Gasteiger charge is -2.21. The maximum atomic E-state index is 13.1. The third kappa shape index (κ3) is 4.54. The fraction of sp³-hybridized carbons (Fsp3) is 0.154. The summed E-state index contributed by atoms with van der Waals surface area (Å²) >= 11 is 7.60. The molecule has 4 aromatic rings. The number of fused-ring (bicyclic) bond motifs is 1. The molecule has 0 aliphatic heterocycles. The highest BCUT2D eigenvalue weighted by atomic mass is 35.5. The van der Waals surface area contributed by atoms with Crippen molar-refractivity contribution in [2.24, 2.45) is 11.7 Å². The lowest BCUT2D eigenvalue weighted by molar-refractivity contribution is -0.118. The molecule has 32 heavy (non-hydrogen) atoms. The van der Waals surface area contributed by atoms with Crippen molar-refractivity contribution in [3.8, 4) is 10.4 Å². The summed E-state index contributed by atoms with van der Waals surface area (Å²) in [6.45, 7) is 4.00. The van der Waals surface area contributed by atoms with E-state index in [0.717, 1.165) is 26.1 Å². The molecule has 3 aromatic carbocycles. The zero-order valence-electron chi connectivity index (χ0n) is 17.8. The van der Waals surface area contributed by atoms with Gasteiger partial charge in [0.2, 0.25) is 11.8 Å². The van der Waals surface area contributed by atoms with Crippen LogP contribution in [0.2, 0.25) is 5.02 Å². The molecular formula is C26H23ClN2O2S. The first-order chi connectivity index (χ1) is 15.3. The van der Waals surface area contributed by atoms with E-state index in [1.165, 1.54) is 0 Å². The van der Waals surface area contributed by atoms with E-state index in [1.54, 1.807) is 29.5 Å². The number of amides is 2. The van der Waals surface area contributed by atoms with E-state index < -0.39 is 5.91 Å². The van der Waals surface area contributed by atoms with Gasteiger partial charge in [-0.05, 0) is 53.3 Å². The Balaban J connectivity index is 1.65. The Morgan fingerprint density at radius 2 is 1.69 bits per heavy atom. The van der Waals surface area contributed by atoms with Crippen LogP contribution in [0.25, 0.3) is 20.5 Å². The van der Waals surface area contributed by atoms with E-state index in [2.05, 4.69) is 11.4 Å². The molecule has 1 atom stereocenters. The second-order valence-electron chi connectivity index (χ2n) is 8.04. The summed E-state index contributed by atoms with van der Waals surface area (Å²) in [6, 6.07) is 22.7. The van der Waals surface area contributed by atoms with Crippen LogP contribution in [0.3, 0.4) is 0 Å². The molecule has 0 aliphatic rings. The molecule has 3 N–H and O–H groups in total. The maximum absolute atomic E-state index is 13.1. The summed E-state index contributed by atoms with van der Waals surface area (Å²) in [5, 5.41) is 4.70. The third-order valence-electron chi connectivity index (χ3n) is 5.42. The van der Waals surface area contributed by atoms with Crippen LogP contribution < -0.4 is 11.1 Å². The first-order valence-corrected chi connectivity index (χ1v) is 11.5. The minimum atomic E-state index is -0.535. The zero-order valence-corrected chi connectivity index (χ0v) is 19.3. The predicted molar refractivity (Wildman–Crippen MR) is 133 cm³/mol. The number of nitrogens with two attached hydrogens (primary N) is 1.